The largest absolute Gasteiger partial charge is 0.488 e. The van der Waals surface area contributed by atoms with Crippen molar-refractivity contribution in [2.45, 2.75) is 19.4 Å². The third-order valence-electron chi connectivity index (χ3n) is 2.33. The van der Waals surface area contributed by atoms with Crippen LogP contribution in [0.25, 0.3) is 0 Å². The van der Waals surface area contributed by atoms with Crippen LogP contribution in [-0.4, -0.2) is 25.5 Å². The van der Waals surface area contributed by atoms with E-state index in [1.54, 1.807) is 12.1 Å². The first-order valence-corrected chi connectivity index (χ1v) is 6.28. The van der Waals surface area contributed by atoms with Crippen LogP contribution in [0.1, 0.15) is 13.3 Å². The Kier molecular flexibility index (Phi) is 6.68. The molecule has 1 rings (SSSR count). The Hall–Kier alpha value is -1.81. The molecule has 0 N–H and O–H groups in total. The lowest BCUT2D eigenvalue weighted by Crippen LogP contribution is -2.23. The molecule has 0 heterocycles. The monoisotopic (exact) mass is 280 g/mol. The number of benzene rings is 1. The molecule has 4 nitrogen and oxygen atoms in total. The van der Waals surface area contributed by atoms with Crippen molar-refractivity contribution in [2.75, 3.05) is 6.61 Å². The van der Waals surface area contributed by atoms with Crippen molar-refractivity contribution < 1.29 is 9.47 Å². The van der Waals surface area contributed by atoms with Crippen molar-refractivity contribution >= 4 is 24.3 Å². The minimum atomic E-state index is -0.180. The van der Waals surface area contributed by atoms with Gasteiger partial charge in [-0.05, 0) is 25.3 Å². The van der Waals surface area contributed by atoms with Crippen molar-refractivity contribution in [2.24, 2.45) is 9.98 Å². The Morgan fingerprint density at radius 1 is 1.47 bits per heavy atom. The maximum Gasteiger partial charge on any atom is 0.316 e. The van der Waals surface area contributed by atoms with Crippen LogP contribution >= 0.6 is 11.6 Å². The zero-order chi connectivity index (χ0) is 14.1. The highest BCUT2D eigenvalue weighted by Gasteiger charge is 2.12. The third-order valence-corrected chi connectivity index (χ3v) is 2.64. The average molecular weight is 281 g/mol. The Bertz CT molecular complexity index is 461. The summed E-state index contributed by atoms with van der Waals surface area (Å²) in [5, 5.41) is 0.569. The van der Waals surface area contributed by atoms with Crippen LogP contribution in [0.3, 0.4) is 0 Å². The Morgan fingerprint density at radius 3 is 2.79 bits per heavy atom. The van der Waals surface area contributed by atoms with E-state index in [0.717, 1.165) is 6.42 Å². The van der Waals surface area contributed by atoms with Gasteiger partial charge in [-0.1, -0.05) is 37.2 Å². The fourth-order valence-electron chi connectivity index (χ4n) is 1.32. The number of amidine groups is 1. The zero-order valence-electron chi connectivity index (χ0n) is 10.9. The van der Waals surface area contributed by atoms with Gasteiger partial charge >= 0.3 is 6.02 Å². The molecule has 1 atom stereocenters. The molecular formula is C14H17ClN2O2. The van der Waals surface area contributed by atoms with E-state index in [0.29, 0.717) is 17.4 Å². The standard InChI is InChI=1S/C14H17ClN2O2/c1-4-11(19-14(16-3)17-5-2)10-18-13-9-7-6-8-12(13)15/h5-9,11H,2-4,10H2,1H3. The van der Waals surface area contributed by atoms with Crippen LogP contribution < -0.4 is 4.74 Å². The summed E-state index contributed by atoms with van der Waals surface area (Å²) in [5.41, 5.74) is 0. The molecule has 0 aliphatic rings. The number of hydrogen-bond acceptors (Lipinski definition) is 3. The molecular weight excluding hydrogens is 264 g/mol. The summed E-state index contributed by atoms with van der Waals surface area (Å²) in [6.45, 7) is 9.20. The molecule has 0 spiro atoms. The second kappa shape index (κ2) is 8.32. The summed E-state index contributed by atoms with van der Waals surface area (Å²) in [7, 11) is 0. The molecule has 19 heavy (non-hydrogen) atoms. The minimum absolute atomic E-state index is 0.180. The highest BCUT2D eigenvalue weighted by Crippen LogP contribution is 2.23. The summed E-state index contributed by atoms with van der Waals surface area (Å²) in [6, 6.07) is 7.47. The molecule has 1 aromatic rings. The topological polar surface area (TPSA) is 43.2 Å². The van der Waals surface area contributed by atoms with Gasteiger partial charge in [0.2, 0.25) is 0 Å². The normalized spacial score (nSPS) is 12.6. The highest BCUT2D eigenvalue weighted by molar-refractivity contribution is 6.32. The second-order valence-corrected chi connectivity index (χ2v) is 4.05. The summed E-state index contributed by atoms with van der Waals surface area (Å²) in [5.74, 6) is 0.625. The second-order valence-electron chi connectivity index (χ2n) is 3.64. The van der Waals surface area contributed by atoms with E-state index in [1.807, 2.05) is 19.1 Å². The molecule has 0 saturated carbocycles. The number of hydrogen-bond donors (Lipinski definition) is 0. The van der Waals surface area contributed by atoms with E-state index in [-0.39, 0.29) is 12.1 Å². The van der Waals surface area contributed by atoms with Crippen molar-refractivity contribution in [3.05, 3.63) is 42.1 Å². The summed E-state index contributed by atoms with van der Waals surface area (Å²) in [4.78, 5) is 7.51. The fourth-order valence-corrected chi connectivity index (χ4v) is 1.51. The summed E-state index contributed by atoms with van der Waals surface area (Å²) >= 11 is 6.00. The Balaban J connectivity index is 2.58. The molecule has 0 radical (unpaired) electrons. The van der Waals surface area contributed by atoms with E-state index in [1.165, 1.54) is 6.20 Å². The van der Waals surface area contributed by atoms with Gasteiger partial charge in [-0.15, -0.1) is 0 Å². The van der Waals surface area contributed by atoms with Crippen LogP contribution in [0.4, 0.5) is 0 Å². The minimum Gasteiger partial charge on any atom is -0.488 e. The number of rotatable bonds is 6. The van der Waals surface area contributed by atoms with Gasteiger partial charge in [0.25, 0.3) is 0 Å². The predicted octanol–water partition coefficient (Wildman–Crippen LogP) is 3.71. The smallest absolute Gasteiger partial charge is 0.316 e. The molecule has 1 aromatic carbocycles. The molecule has 5 heteroatoms. The van der Waals surface area contributed by atoms with Gasteiger partial charge in [0.05, 0.1) is 5.02 Å². The van der Waals surface area contributed by atoms with Crippen LogP contribution in [-0.2, 0) is 4.74 Å². The molecule has 1 unspecified atom stereocenters. The lowest BCUT2D eigenvalue weighted by Gasteiger charge is -2.17. The zero-order valence-corrected chi connectivity index (χ0v) is 11.6. The number of ether oxygens (including phenoxy) is 2. The number of halogens is 1. The summed E-state index contributed by atoms with van der Waals surface area (Å²) < 4.78 is 11.1. The van der Waals surface area contributed by atoms with Crippen LogP contribution in [0.5, 0.6) is 5.75 Å². The lowest BCUT2D eigenvalue weighted by atomic mass is 10.3. The van der Waals surface area contributed by atoms with E-state index < -0.39 is 0 Å². The van der Waals surface area contributed by atoms with Crippen molar-refractivity contribution in [1.29, 1.82) is 0 Å². The molecule has 0 bridgehead atoms. The molecule has 0 saturated heterocycles. The quantitative estimate of drug-likeness (QED) is 0.589. The van der Waals surface area contributed by atoms with Gasteiger partial charge < -0.3 is 9.47 Å². The van der Waals surface area contributed by atoms with Gasteiger partial charge in [0.1, 0.15) is 18.5 Å². The average Bonchev–Trinajstić information content (AvgIpc) is 2.43. The first kappa shape index (κ1) is 15.2. The molecule has 0 fully saturated rings. The van der Waals surface area contributed by atoms with Gasteiger partial charge in [-0.2, -0.15) is 0 Å². The van der Waals surface area contributed by atoms with Gasteiger partial charge in [0.15, 0.2) is 0 Å². The third kappa shape index (κ3) is 5.14. The van der Waals surface area contributed by atoms with E-state index in [4.69, 9.17) is 21.1 Å². The van der Waals surface area contributed by atoms with Crippen molar-refractivity contribution in [3.8, 4) is 5.75 Å². The van der Waals surface area contributed by atoms with Crippen molar-refractivity contribution in [3.63, 3.8) is 0 Å². The Labute approximate surface area is 118 Å². The first-order valence-electron chi connectivity index (χ1n) is 5.90. The number of aliphatic imine (C=N–C) groups is 2. The van der Waals surface area contributed by atoms with Crippen LogP contribution in [0.15, 0.2) is 47.0 Å². The highest BCUT2D eigenvalue weighted by atomic mass is 35.5. The molecule has 0 aliphatic carbocycles. The maximum atomic E-state index is 6.00. The van der Waals surface area contributed by atoms with Crippen LogP contribution in [0.2, 0.25) is 5.02 Å². The number of nitrogens with zero attached hydrogens (tertiary/aromatic N) is 2. The number of para-hydroxylation sites is 1. The van der Waals surface area contributed by atoms with Crippen LogP contribution in [0, 0.1) is 0 Å². The molecule has 102 valence electrons. The van der Waals surface area contributed by atoms with Gasteiger partial charge in [0, 0.05) is 6.20 Å². The van der Waals surface area contributed by atoms with E-state index in [2.05, 4.69) is 23.3 Å². The van der Waals surface area contributed by atoms with Gasteiger partial charge in [-0.3, -0.25) is 0 Å². The molecule has 0 aliphatic heterocycles. The lowest BCUT2D eigenvalue weighted by molar-refractivity contribution is 0.113. The summed E-state index contributed by atoms with van der Waals surface area (Å²) in [6.07, 6.45) is 1.92. The Morgan fingerprint density at radius 2 is 2.21 bits per heavy atom. The predicted molar refractivity (Wildman–Crippen MR) is 79.3 cm³/mol. The van der Waals surface area contributed by atoms with Gasteiger partial charge in [-0.25, -0.2) is 9.98 Å². The van der Waals surface area contributed by atoms with E-state index in [9.17, 15) is 0 Å². The molecule has 0 amide bonds. The van der Waals surface area contributed by atoms with E-state index >= 15 is 0 Å². The van der Waals surface area contributed by atoms with Crippen molar-refractivity contribution in [1.82, 2.24) is 0 Å². The fraction of sp³-hybridized carbons (Fsp3) is 0.286. The SMILES string of the molecule is C=CN=C(N=C)OC(CC)COc1ccccc1Cl. The first-order chi connectivity index (χ1) is 9.21. The molecule has 0 aromatic heterocycles. The maximum absolute atomic E-state index is 6.00.